The van der Waals surface area contributed by atoms with Crippen LogP contribution in [0, 0.1) is 5.82 Å². The van der Waals surface area contributed by atoms with Crippen LogP contribution in [0.2, 0.25) is 0 Å². The third-order valence-electron chi connectivity index (χ3n) is 5.79. The molecule has 1 amide bonds. The van der Waals surface area contributed by atoms with Crippen LogP contribution < -0.4 is 14.2 Å². The molecule has 1 saturated heterocycles. The van der Waals surface area contributed by atoms with Crippen molar-refractivity contribution in [2.45, 2.75) is 39.5 Å². The fraction of sp³-hybridized carbons (Fsp3) is 0.440. The molecule has 0 atom stereocenters. The lowest BCUT2D eigenvalue weighted by atomic mass is 9.95. The monoisotopic (exact) mass is 455 g/mol. The van der Waals surface area contributed by atoms with E-state index >= 15 is 0 Å². The molecule has 0 unspecified atom stereocenters. The number of likely N-dealkylation sites (tertiary alicyclic amines) is 1. The Labute approximate surface area is 192 Å². The van der Waals surface area contributed by atoms with Gasteiger partial charge in [-0.2, -0.15) is 0 Å². The number of ether oxygens (including phenoxy) is 3. The Bertz CT molecular complexity index is 1100. The highest BCUT2D eigenvalue weighted by molar-refractivity contribution is 5.95. The van der Waals surface area contributed by atoms with Gasteiger partial charge in [-0.15, -0.1) is 0 Å². The average molecular weight is 456 g/mol. The Balaban J connectivity index is 1.50. The van der Waals surface area contributed by atoms with Crippen LogP contribution in [-0.2, 0) is 0 Å². The van der Waals surface area contributed by atoms with Gasteiger partial charge in [0, 0.05) is 24.6 Å². The van der Waals surface area contributed by atoms with Gasteiger partial charge < -0.3 is 24.1 Å². The predicted octanol–water partition coefficient (Wildman–Crippen LogP) is 4.92. The number of carbonyl (C=O) groups is 1. The maximum atomic E-state index is 13.5. The van der Waals surface area contributed by atoms with Crippen molar-refractivity contribution in [2.24, 2.45) is 0 Å². The minimum Gasteiger partial charge on any atom is -0.490 e. The second-order valence-corrected chi connectivity index (χ2v) is 7.95. The van der Waals surface area contributed by atoms with Crippen LogP contribution >= 0.6 is 0 Å². The molecule has 4 rings (SSSR count). The van der Waals surface area contributed by atoms with Crippen molar-refractivity contribution < 1.29 is 23.4 Å². The number of hydrogen-bond acceptors (Lipinski definition) is 5. The van der Waals surface area contributed by atoms with Gasteiger partial charge in [0.1, 0.15) is 11.6 Å². The van der Waals surface area contributed by atoms with E-state index in [9.17, 15) is 9.18 Å². The quantitative estimate of drug-likeness (QED) is 0.522. The molecule has 7 nitrogen and oxygen atoms in total. The van der Waals surface area contributed by atoms with Gasteiger partial charge in [-0.3, -0.25) is 4.79 Å². The molecule has 2 aromatic carbocycles. The molecule has 0 radical (unpaired) electrons. The number of H-pyrrole nitrogens is 1. The summed E-state index contributed by atoms with van der Waals surface area (Å²) in [7, 11) is 0. The summed E-state index contributed by atoms with van der Waals surface area (Å²) in [5.74, 6) is 2.24. The van der Waals surface area contributed by atoms with E-state index in [1.165, 1.54) is 12.1 Å². The molecule has 1 fully saturated rings. The van der Waals surface area contributed by atoms with E-state index in [2.05, 4.69) is 9.97 Å². The molecular weight excluding hydrogens is 425 g/mol. The normalized spacial score (nSPS) is 14.5. The summed E-state index contributed by atoms with van der Waals surface area (Å²) in [6, 6.07) is 8.03. The topological polar surface area (TPSA) is 76.7 Å². The summed E-state index contributed by atoms with van der Waals surface area (Å²) in [6.07, 6.45) is 1.56. The zero-order valence-electron chi connectivity index (χ0n) is 19.3. The molecule has 8 heteroatoms. The minimum atomic E-state index is -0.286. The number of aromatic amines is 1. The highest BCUT2D eigenvalue weighted by Crippen LogP contribution is 2.40. The number of rotatable bonds is 8. The fourth-order valence-corrected chi connectivity index (χ4v) is 4.25. The summed E-state index contributed by atoms with van der Waals surface area (Å²) >= 11 is 0. The van der Waals surface area contributed by atoms with Crippen molar-refractivity contribution in [3.63, 3.8) is 0 Å². The standard InChI is InChI=1S/C25H30FN3O4/c1-4-31-21-13-17(14-22(32-5-2)23(21)33-6-3)25(30)29-11-9-16(10-12-29)24-27-19-8-7-18(26)15-20(19)28-24/h7-8,13-16H,4-6,9-12H2,1-3H3,(H,27,28). The average Bonchev–Trinajstić information content (AvgIpc) is 3.24. The van der Waals surface area contributed by atoms with Crippen molar-refractivity contribution in [1.29, 1.82) is 0 Å². The smallest absolute Gasteiger partial charge is 0.254 e. The van der Waals surface area contributed by atoms with Crippen LogP contribution in [0.15, 0.2) is 30.3 Å². The number of nitrogens with one attached hydrogen (secondary N) is 1. The van der Waals surface area contributed by atoms with Crippen LogP contribution in [0.4, 0.5) is 4.39 Å². The van der Waals surface area contributed by atoms with Gasteiger partial charge in [-0.1, -0.05) is 0 Å². The van der Waals surface area contributed by atoms with Gasteiger partial charge >= 0.3 is 0 Å². The lowest BCUT2D eigenvalue weighted by molar-refractivity contribution is 0.0710. The van der Waals surface area contributed by atoms with Crippen LogP contribution in [0.1, 0.15) is 55.7 Å². The Morgan fingerprint density at radius 1 is 1.03 bits per heavy atom. The number of benzene rings is 2. The first-order valence-corrected chi connectivity index (χ1v) is 11.5. The first kappa shape index (κ1) is 22.9. The highest BCUT2D eigenvalue weighted by Gasteiger charge is 2.28. The van der Waals surface area contributed by atoms with Crippen molar-refractivity contribution in [3.05, 3.63) is 47.5 Å². The Morgan fingerprint density at radius 3 is 2.27 bits per heavy atom. The molecule has 2 heterocycles. The Kier molecular flexibility index (Phi) is 7.01. The van der Waals surface area contributed by atoms with Crippen LogP contribution in [0.3, 0.4) is 0 Å². The van der Waals surface area contributed by atoms with Crippen molar-refractivity contribution in [1.82, 2.24) is 14.9 Å². The maximum absolute atomic E-state index is 13.5. The van der Waals surface area contributed by atoms with Gasteiger partial charge in [0.15, 0.2) is 11.5 Å². The number of hydrogen-bond donors (Lipinski definition) is 1. The number of carbonyl (C=O) groups excluding carboxylic acids is 1. The molecule has 0 aliphatic carbocycles. The first-order valence-electron chi connectivity index (χ1n) is 11.5. The molecule has 0 spiro atoms. The van der Waals surface area contributed by atoms with Crippen LogP contribution in [-0.4, -0.2) is 53.7 Å². The summed E-state index contributed by atoms with van der Waals surface area (Å²) in [5, 5.41) is 0. The molecule has 1 aliphatic heterocycles. The molecule has 176 valence electrons. The maximum Gasteiger partial charge on any atom is 0.254 e. The molecule has 1 aliphatic rings. The highest BCUT2D eigenvalue weighted by atomic mass is 19.1. The number of imidazole rings is 1. The first-order chi connectivity index (χ1) is 16.0. The van der Waals surface area contributed by atoms with Crippen molar-refractivity contribution in [3.8, 4) is 17.2 Å². The summed E-state index contributed by atoms with van der Waals surface area (Å²) in [5.41, 5.74) is 1.97. The summed E-state index contributed by atoms with van der Waals surface area (Å²) < 4.78 is 30.7. The number of amides is 1. The molecule has 0 bridgehead atoms. The van der Waals surface area contributed by atoms with Crippen LogP contribution in [0.25, 0.3) is 11.0 Å². The molecular formula is C25H30FN3O4. The number of nitrogens with zero attached hydrogens (tertiary/aromatic N) is 2. The van der Waals surface area contributed by atoms with Gasteiger partial charge in [-0.25, -0.2) is 9.37 Å². The third-order valence-corrected chi connectivity index (χ3v) is 5.79. The number of piperidine rings is 1. The molecule has 3 aromatic rings. The zero-order valence-corrected chi connectivity index (χ0v) is 19.3. The largest absolute Gasteiger partial charge is 0.490 e. The van der Waals surface area contributed by atoms with Gasteiger partial charge in [-0.05, 0) is 63.9 Å². The van der Waals surface area contributed by atoms with Crippen LogP contribution in [0.5, 0.6) is 17.2 Å². The molecule has 33 heavy (non-hydrogen) atoms. The zero-order chi connectivity index (χ0) is 23.4. The van der Waals surface area contributed by atoms with E-state index < -0.39 is 0 Å². The Hall–Kier alpha value is -3.29. The number of halogens is 1. The van der Waals surface area contributed by atoms with E-state index in [-0.39, 0.29) is 17.6 Å². The van der Waals surface area contributed by atoms with Crippen molar-refractivity contribution in [2.75, 3.05) is 32.9 Å². The van der Waals surface area contributed by atoms with E-state index in [4.69, 9.17) is 14.2 Å². The van der Waals surface area contributed by atoms with Gasteiger partial charge in [0.2, 0.25) is 5.75 Å². The molecule has 1 aromatic heterocycles. The summed E-state index contributed by atoms with van der Waals surface area (Å²) in [6.45, 7) is 8.27. The second kappa shape index (κ2) is 10.1. The predicted molar refractivity (Wildman–Crippen MR) is 124 cm³/mol. The van der Waals surface area contributed by atoms with Gasteiger partial charge in [0.05, 0.1) is 30.9 Å². The lowest BCUT2D eigenvalue weighted by Gasteiger charge is -2.31. The number of aromatic nitrogens is 2. The summed E-state index contributed by atoms with van der Waals surface area (Å²) in [4.78, 5) is 23.0. The fourth-order valence-electron chi connectivity index (χ4n) is 4.25. The third kappa shape index (κ3) is 4.89. The van der Waals surface area contributed by atoms with E-state index in [1.54, 1.807) is 18.2 Å². The molecule has 1 N–H and O–H groups in total. The second-order valence-electron chi connectivity index (χ2n) is 7.95. The lowest BCUT2D eigenvalue weighted by Crippen LogP contribution is -2.38. The van der Waals surface area contributed by atoms with E-state index in [1.807, 2.05) is 25.7 Å². The van der Waals surface area contributed by atoms with Crippen molar-refractivity contribution >= 4 is 16.9 Å². The molecule has 0 saturated carbocycles. The van der Waals surface area contributed by atoms with Gasteiger partial charge in [0.25, 0.3) is 5.91 Å². The SMILES string of the molecule is CCOc1cc(C(=O)N2CCC(c3nc4ccc(F)cc4[nH]3)CC2)cc(OCC)c1OCC. The number of fused-ring (bicyclic) bond motifs is 1. The minimum absolute atomic E-state index is 0.0647. The van der Waals surface area contributed by atoms with E-state index in [0.717, 1.165) is 24.2 Å². The Morgan fingerprint density at radius 2 is 1.67 bits per heavy atom. The van der Waals surface area contributed by atoms with E-state index in [0.29, 0.717) is 61.2 Å².